The lowest BCUT2D eigenvalue weighted by Gasteiger charge is -2.16. The van der Waals surface area contributed by atoms with E-state index in [9.17, 15) is 5.11 Å². The van der Waals surface area contributed by atoms with Gasteiger partial charge in [0.15, 0.2) is 0 Å². The summed E-state index contributed by atoms with van der Waals surface area (Å²) in [4.78, 5) is 4.00. The Labute approximate surface area is 111 Å². The third-order valence-electron chi connectivity index (χ3n) is 3.03. The second-order valence-electron chi connectivity index (χ2n) is 4.26. The van der Waals surface area contributed by atoms with Crippen LogP contribution in [0.4, 0.5) is 11.4 Å². The second-order valence-corrected chi connectivity index (χ2v) is 4.26. The molecule has 0 amide bonds. The number of anilines is 2. The molecule has 0 aliphatic carbocycles. The monoisotopic (exact) mass is 259 g/mol. The fourth-order valence-corrected chi connectivity index (χ4v) is 1.96. The van der Waals surface area contributed by atoms with Gasteiger partial charge in [-0.15, -0.1) is 0 Å². The maximum Gasteiger partial charge on any atom is 0.142 e. The number of nitrogens with zero attached hydrogens (tertiary/aromatic N) is 1. The predicted octanol–water partition coefficient (Wildman–Crippen LogP) is 1.53. The molecule has 1 atom stereocenters. The van der Waals surface area contributed by atoms with Crippen LogP contribution in [0.5, 0.6) is 5.75 Å². The fourth-order valence-electron chi connectivity index (χ4n) is 1.96. The van der Waals surface area contributed by atoms with Crippen molar-refractivity contribution in [2.24, 2.45) is 0 Å². The molecule has 1 heterocycles. The molecule has 0 spiro atoms. The van der Waals surface area contributed by atoms with E-state index >= 15 is 0 Å². The first-order chi connectivity index (χ1) is 9.13. The number of aliphatic hydroxyl groups excluding tert-OH is 1. The van der Waals surface area contributed by atoms with Crippen molar-refractivity contribution in [1.29, 1.82) is 0 Å². The molecular formula is C14H17N3O2. The Hall–Kier alpha value is -2.27. The van der Waals surface area contributed by atoms with Gasteiger partial charge in [0, 0.05) is 30.1 Å². The lowest BCUT2D eigenvalue weighted by molar-refractivity contribution is 0.179. The third-order valence-corrected chi connectivity index (χ3v) is 3.03. The van der Waals surface area contributed by atoms with Crippen molar-refractivity contribution < 1.29 is 9.84 Å². The van der Waals surface area contributed by atoms with Gasteiger partial charge in [0.1, 0.15) is 5.75 Å². The van der Waals surface area contributed by atoms with Crippen molar-refractivity contribution in [3.63, 3.8) is 0 Å². The molecule has 1 unspecified atom stereocenters. The van der Waals surface area contributed by atoms with Gasteiger partial charge in [0.25, 0.3) is 0 Å². The van der Waals surface area contributed by atoms with Crippen LogP contribution < -0.4 is 16.2 Å². The number of hydrogen-bond acceptors (Lipinski definition) is 5. The maximum atomic E-state index is 10.3. The highest BCUT2D eigenvalue weighted by atomic mass is 16.5. The van der Waals surface area contributed by atoms with E-state index in [1.165, 1.54) is 0 Å². The highest BCUT2D eigenvalue weighted by molar-refractivity contribution is 5.59. The lowest BCUT2D eigenvalue weighted by atomic mass is 10.00. The van der Waals surface area contributed by atoms with Gasteiger partial charge < -0.3 is 21.3 Å². The van der Waals surface area contributed by atoms with E-state index in [1.54, 1.807) is 43.8 Å². The molecule has 0 bridgehead atoms. The predicted molar refractivity (Wildman–Crippen MR) is 74.7 cm³/mol. The first-order valence-corrected chi connectivity index (χ1v) is 5.92. The number of benzene rings is 1. The lowest BCUT2D eigenvalue weighted by Crippen LogP contribution is -2.08. The average Bonchev–Trinajstić information content (AvgIpc) is 2.41. The summed E-state index contributed by atoms with van der Waals surface area (Å²) in [6.07, 6.45) is 2.87. The Bertz CT molecular complexity index is 572. The number of hydrogen-bond donors (Lipinski definition) is 3. The van der Waals surface area contributed by atoms with E-state index < -0.39 is 6.10 Å². The van der Waals surface area contributed by atoms with Gasteiger partial charge in [-0.25, -0.2) is 0 Å². The number of aromatic nitrogens is 1. The maximum absolute atomic E-state index is 10.3. The molecule has 0 radical (unpaired) electrons. The minimum atomic E-state index is -0.749. The molecule has 2 aromatic rings. The number of methoxy groups -OCH3 is 1. The smallest absolute Gasteiger partial charge is 0.142 e. The zero-order chi connectivity index (χ0) is 13.8. The van der Waals surface area contributed by atoms with Crippen LogP contribution >= 0.6 is 0 Å². The van der Waals surface area contributed by atoms with Crippen LogP contribution in [0.2, 0.25) is 0 Å². The van der Waals surface area contributed by atoms with Gasteiger partial charge in [-0.05, 0) is 17.7 Å². The van der Waals surface area contributed by atoms with Crippen LogP contribution in [0.15, 0.2) is 36.7 Å². The van der Waals surface area contributed by atoms with Gasteiger partial charge in [-0.3, -0.25) is 4.98 Å². The van der Waals surface area contributed by atoms with Gasteiger partial charge >= 0.3 is 0 Å². The van der Waals surface area contributed by atoms with Gasteiger partial charge in [-0.1, -0.05) is 12.1 Å². The SMILES string of the molecule is COc1cccc(C(O)Cc2cnccc2N)c1N. The second kappa shape index (κ2) is 5.58. The van der Waals surface area contributed by atoms with E-state index in [-0.39, 0.29) is 0 Å². The van der Waals surface area contributed by atoms with Gasteiger partial charge in [-0.2, -0.15) is 0 Å². The van der Waals surface area contributed by atoms with Gasteiger partial charge in [0.2, 0.25) is 0 Å². The normalized spacial score (nSPS) is 12.1. The Morgan fingerprint density at radius 2 is 2.11 bits per heavy atom. The number of nitrogen functional groups attached to an aromatic ring is 2. The van der Waals surface area contributed by atoms with Crippen molar-refractivity contribution in [1.82, 2.24) is 4.98 Å². The molecule has 1 aromatic heterocycles. The third kappa shape index (κ3) is 2.77. The molecule has 0 aliphatic heterocycles. The Morgan fingerprint density at radius 3 is 2.79 bits per heavy atom. The van der Waals surface area contributed by atoms with Crippen LogP contribution in [0.25, 0.3) is 0 Å². The molecule has 0 fully saturated rings. The Morgan fingerprint density at radius 1 is 1.32 bits per heavy atom. The number of pyridine rings is 1. The molecule has 1 aromatic carbocycles. The minimum absolute atomic E-state index is 0.358. The summed E-state index contributed by atoms with van der Waals surface area (Å²) in [5.41, 5.74) is 14.3. The van der Waals surface area contributed by atoms with Crippen molar-refractivity contribution in [3.8, 4) is 5.75 Å². The summed E-state index contributed by atoms with van der Waals surface area (Å²) in [7, 11) is 1.54. The van der Waals surface area contributed by atoms with Crippen LogP contribution in [0.1, 0.15) is 17.2 Å². The molecule has 0 saturated carbocycles. The number of para-hydroxylation sites is 1. The number of nitrogens with two attached hydrogens (primary N) is 2. The van der Waals surface area contributed by atoms with Crippen molar-refractivity contribution in [2.45, 2.75) is 12.5 Å². The van der Waals surface area contributed by atoms with Crippen molar-refractivity contribution in [2.75, 3.05) is 18.6 Å². The summed E-state index contributed by atoms with van der Waals surface area (Å²) in [5.74, 6) is 0.552. The van der Waals surface area contributed by atoms with Crippen molar-refractivity contribution in [3.05, 3.63) is 47.8 Å². The molecule has 2 rings (SSSR count). The summed E-state index contributed by atoms with van der Waals surface area (Å²) in [5, 5.41) is 10.3. The van der Waals surface area contributed by atoms with E-state index in [0.29, 0.717) is 29.1 Å². The first-order valence-electron chi connectivity index (χ1n) is 5.92. The zero-order valence-electron chi connectivity index (χ0n) is 10.7. The van der Waals surface area contributed by atoms with E-state index in [0.717, 1.165) is 5.56 Å². The summed E-state index contributed by atoms with van der Waals surface area (Å²) in [6.45, 7) is 0. The Balaban J connectivity index is 2.26. The molecule has 0 aliphatic rings. The van der Waals surface area contributed by atoms with Gasteiger partial charge in [0.05, 0.1) is 18.9 Å². The van der Waals surface area contributed by atoms with E-state index in [4.69, 9.17) is 16.2 Å². The molecule has 19 heavy (non-hydrogen) atoms. The van der Waals surface area contributed by atoms with E-state index in [2.05, 4.69) is 4.98 Å². The largest absolute Gasteiger partial charge is 0.495 e. The van der Waals surface area contributed by atoms with Crippen LogP contribution in [-0.4, -0.2) is 17.2 Å². The summed E-state index contributed by atoms with van der Waals surface area (Å²) in [6, 6.07) is 7.02. The average molecular weight is 259 g/mol. The number of ether oxygens (including phenoxy) is 1. The zero-order valence-corrected chi connectivity index (χ0v) is 10.7. The quantitative estimate of drug-likeness (QED) is 0.724. The summed E-state index contributed by atoms with van der Waals surface area (Å²) >= 11 is 0. The molecular weight excluding hydrogens is 242 g/mol. The fraction of sp³-hybridized carbons (Fsp3) is 0.214. The minimum Gasteiger partial charge on any atom is -0.495 e. The molecule has 5 nitrogen and oxygen atoms in total. The van der Waals surface area contributed by atoms with Crippen molar-refractivity contribution >= 4 is 11.4 Å². The first kappa shape index (κ1) is 13.2. The summed E-state index contributed by atoms with van der Waals surface area (Å²) < 4.78 is 5.14. The van der Waals surface area contributed by atoms with Crippen LogP contribution in [0, 0.1) is 0 Å². The highest BCUT2D eigenvalue weighted by Gasteiger charge is 2.15. The standard InChI is InChI=1S/C14H17N3O2/c1-19-13-4-2-3-10(14(13)16)12(18)7-9-8-17-6-5-11(9)15/h2-6,8,12,18H,7,16H2,1H3,(H2,15,17). The highest BCUT2D eigenvalue weighted by Crippen LogP contribution is 2.31. The topological polar surface area (TPSA) is 94.4 Å². The van der Waals surface area contributed by atoms with Crippen LogP contribution in [0.3, 0.4) is 0 Å². The Kier molecular flexibility index (Phi) is 3.87. The number of aliphatic hydroxyl groups is 1. The molecule has 100 valence electrons. The van der Waals surface area contributed by atoms with E-state index in [1.807, 2.05) is 0 Å². The molecule has 5 heteroatoms. The van der Waals surface area contributed by atoms with Crippen LogP contribution in [-0.2, 0) is 6.42 Å². The molecule has 0 saturated heterocycles. The number of rotatable bonds is 4. The molecule has 5 N–H and O–H groups in total.